The monoisotopic (exact) mass is 263 g/mol. The zero-order valence-corrected chi connectivity index (χ0v) is 9.90. The average Bonchev–Trinajstić information content (AvgIpc) is 2.58. The highest BCUT2D eigenvalue weighted by Gasteiger charge is 2.18. The van der Waals surface area contributed by atoms with Crippen molar-refractivity contribution < 1.29 is 28.2 Å². The van der Waals surface area contributed by atoms with E-state index in [0.717, 1.165) is 0 Å². The third-order valence-electron chi connectivity index (χ3n) is 2.35. The van der Waals surface area contributed by atoms with Crippen LogP contribution in [-0.2, 0) is 6.54 Å². The molecule has 0 aliphatic carbocycles. The molecule has 1 heterocycles. The first-order chi connectivity index (χ1) is 8.43. The third-order valence-corrected chi connectivity index (χ3v) is 2.35. The minimum atomic E-state index is -2.52. The summed E-state index contributed by atoms with van der Waals surface area (Å²) in [6.45, 7) is 0.937. The van der Waals surface area contributed by atoms with E-state index in [1.165, 1.54) is 11.0 Å². The van der Waals surface area contributed by atoms with Gasteiger partial charge in [-0.15, -0.1) is 0 Å². The highest BCUT2D eigenvalue weighted by molar-refractivity contribution is 5.86. The Kier molecular flexibility index (Phi) is 5.24. The number of aliphatic hydroxyl groups is 1. The van der Waals surface area contributed by atoms with Gasteiger partial charge in [-0.25, -0.2) is 13.6 Å². The van der Waals surface area contributed by atoms with Crippen molar-refractivity contribution >= 4 is 5.97 Å². The number of hydrogen-bond acceptors (Lipinski definition) is 4. The molecule has 5 nitrogen and oxygen atoms in total. The molecule has 0 spiro atoms. The number of furan rings is 1. The summed E-state index contributed by atoms with van der Waals surface area (Å²) in [5.74, 6) is -1.09. The SMILES string of the molecule is Cc1cc(CN(CCO)CC(F)F)oc1C(=O)O. The van der Waals surface area contributed by atoms with Crippen LogP contribution in [0.5, 0.6) is 0 Å². The second kappa shape index (κ2) is 6.46. The smallest absolute Gasteiger partial charge is 0.372 e. The predicted octanol–water partition coefficient (Wildman–Crippen LogP) is 1.35. The number of rotatable bonds is 7. The van der Waals surface area contributed by atoms with Crippen LogP contribution in [0.3, 0.4) is 0 Å². The van der Waals surface area contributed by atoms with Crippen molar-refractivity contribution in [1.82, 2.24) is 4.90 Å². The van der Waals surface area contributed by atoms with Gasteiger partial charge in [-0.1, -0.05) is 0 Å². The van der Waals surface area contributed by atoms with Gasteiger partial charge in [0.2, 0.25) is 5.76 Å². The Morgan fingerprint density at radius 3 is 2.67 bits per heavy atom. The fourth-order valence-electron chi connectivity index (χ4n) is 1.63. The summed E-state index contributed by atoms with van der Waals surface area (Å²) in [7, 11) is 0. The van der Waals surface area contributed by atoms with Crippen LogP contribution in [0.4, 0.5) is 8.78 Å². The first-order valence-electron chi connectivity index (χ1n) is 5.38. The second-order valence-electron chi connectivity index (χ2n) is 3.88. The van der Waals surface area contributed by atoms with Gasteiger partial charge in [0.15, 0.2) is 0 Å². The van der Waals surface area contributed by atoms with Crippen LogP contribution in [0, 0.1) is 6.92 Å². The lowest BCUT2D eigenvalue weighted by atomic mass is 10.2. The average molecular weight is 263 g/mol. The van der Waals surface area contributed by atoms with Crippen molar-refractivity contribution in [2.24, 2.45) is 0 Å². The summed E-state index contributed by atoms with van der Waals surface area (Å²) < 4.78 is 29.6. The van der Waals surface area contributed by atoms with E-state index < -0.39 is 18.9 Å². The molecule has 1 rings (SSSR count). The molecule has 0 fully saturated rings. The molecule has 0 atom stereocenters. The van der Waals surface area contributed by atoms with Crippen LogP contribution in [0.15, 0.2) is 10.5 Å². The molecule has 7 heteroatoms. The van der Waals surface area contributed by atoms with Crippen molar-refractivity contribution in [1.29, 1.82) is 0 Å². The maximum atomic E-state index is 12.3. The number of carbonyl (C=O) groups is 1. The first-order valence-corrected chi connectivity index (χ1v) is 5.38. The molecule has 0 amide bonds. The molecule has 18 heavy (non-hydrogen) atoms. The van der Waals surface area contributed by atoms with Gasteiger partial charge in [0.25, 0.3) is 6.43 Å². The standard InChI is InChI=1S/C11H15F2NO4/c1-7-4-8(18-10(7)11(16)17)5-14(2-3-15)6-9(12)13/h4,9,15H,2-3,5-6H2,1H3,(H,16,17). The van der Waals surface area contributed by atoms with Crippen molar-refractivity contribution in [2.45, 2.75) is 19.9 Å². The van der Waals surface area contributed by atoms with Gasteiger partial charge in [0.1, 0.15) is 5.76 Å². The van der Waals surface area contributed by atoms with Crippen LogP contribution in [0.2, 0.25) is 0 Å². The highest BCUT2D eigenvalue weighted by atomic mass is 19.3. The molecule has 0 unspecified atom stereocenters. The summed E-state index contributed by atoms with van der Waals surface area (Å²) in [5, 5.41) is 17.6. The molecule has 1 aromatic heterocycles. The highest BCUT2D eigenvalue weighted by Crippen LogP contribution is 2.16. The van der Waals surface area contributed by atoms with Gasteiger partial charge >= 0.3 is 5.97 Å². The van der Waals surface area contributed by atoms with E-state index in [-0.39, 0.29) is 25.5 Å². The van der Waals surface area contributed by atoms with Crippen LogP contribution >= 0.6 is 0 Å². The van der Waals surface area contributed by atoms with E-state index in [9.17, 15) is 13.6 Å². The fraction of sp³-hybridized carbons (Fsp3) is 0.545. The molecular weight excluding hydrogens is 248 g/mol. The third kappa shape index (κ3) is 4.08. The normalized spacial score (nSPS) is 11.4. The van der Waals surface area contributed by atoms with Crippen molar-refractivity contribution in [3.05, 3.63) is 23.2 Å². The van der Waals surface area contributed by atoms with Crippen LogP contribution < -0.4 is 0 Å². The lowest BCUT2D eigenvalue weighted by molar-refractivity contribution is 0.0630. The van der Waals surface area contributed by atoms with Gasteiger partial charge in [-0.2, -0.15) is 0 Å². The fourth-order valence-corrected chi connectivity index (χ4v) is 1.63. The van der Waals surface area contributed by atoms with E-state index in [1.54, 1.807) is 6.92 Å². The van der Waals surface area contributed by atoms with Crippen molar-refractivity contribution in [2.75, 3.05) is 19.7 Å². The van der Waals surface area contributed by atoms with E-state index >= 15 is 0 Å². The summed E-state index contributed by atoms with van der Waals surface area (Å²) in [6, 6.07) is 1.50. The molecule has 0 radical (unpaired) electrons. The number of alkyl halides is 2. The predicted molar refractivity (Wildman–Crippen MR) is 58.8 cm³/mol. The summed E-state index contributed by atoms with van der Waals surface area (Å²) >= 11 is 0. The Morgan fingerprint density at radius 2 is 2.22 bits per heavy atom. The largest absolute Gasteiger partial charge is 0.475 e. The Balaban J connectivity index is 2.74. The quantitative estimate of drug-likeness (QED) is 0.776. The minimum Gasteiger partial charge on any atom is -0.475 e. The number of aliphatic hydroxyl groups excluding tert-OH is 1. The van der Waals surface area contributed by atoms with Crippen LogP contribution in [0.1, 0.15) is 21.9 Å². The molecule has 0 saturated heterocycles. The molecule has 0 aliphatic rings. The van der Waals surface area contributed by atoms with Gasteiger partial charge in [0, 0.05) is 12.1 Å². The van der Waals surface area contributed by atoms with Gasteiger partial charge in [-0.3, -0.25) is 4.90 Å². The lowest BCUT2D eigenvalue weighted by Crippen LogP contribution is -2.31. The van der Waals surface area contributed by atoms with Gasteiger partial charge < -0.3 is 14.6 Å². The number of nitrogens with zero attached hydrogens (tertiary/aromatic N) is 1. The second-order valence-corrected chi connectivity index (χ2v) is 3.88. The number of carboxylic acid groups (broad SMARTS) is 1. The maximum Gasteiger partial charge on any atom is 0.372 e. The number of carboxylic acids is 1. The molecule has 102 valence electrons. The molecule has 0 bridgehead atoms. The Hall–Kier alpha value is -1.47. The van der Waals surface area contributed by atoms with Crippen molar-refractivity contribution in [3.63, 3.8) is 0 Å². The van der Waals surface area contributed by atoms with Crippen LogP contribution in [-0.4, -0.2) is 47.2 Å². The summed E-state index contributed by atoms with van der Waals surface area (Å²) in [6.07, 6.45) is -2.52. The number of aromatic carboxylic acids is 1. The Bertz CT molecular complexity index is 406. The number of hydrogen-bond donors (Lipinski definition) is 2. The summed E-state index contributed by atoms with van der Waals surface area (Å²) in [4.78, 5) is 12.1. The molecule has 1 aromatic rings. The lowest BCUT2D eigenvalue weighted by Gasteiger charge is -2.19. The topological polar surface area (TPSA) is 73.9 Å². The zero-order chi connectivity index (χ0) is 13.7. The molecule has 0 saturated carbocycles. The van der Waals surface area contributed by atoms with E-state index in [1.807, 2.05) is 0 Å². The number of aryl methyl sites for hydroxylation is 1. The van der Waals surface area contributed by atoms with E-state index in [4.69, 9.17) is 14.6 Å². The van der Waals surface area contributed by atoms with Gasteiger partial charge in [-0.05, 0) is 13.0 Å². The number of halogens is 2. The Labute approximate surface area is 103 Å². The minimum absolute atomic E-state index is 0.0407. The van der Waals surface area contributed by atoms with Crippen molar-refractivity contribution in [3.8, 4) is 0 Å². The van der Waals surface area contributed by atoms with E-state index in [0.29, 0.717) is 11.3 Å². The van der Waals surface area contributed by atoms with E-state index in [2.05, 4.69) is 0 Å². The van der Waals surface area contributed by atoms with Crippen LogP contribution in [0.25, 0.3) is 0 Å². The summed E-state index contributed by atoms with van der Waals surface area (Å²) in [5.41, 5.74) is 0.443. The molecular formula is C11H15F2NO4. The molecule has 0 aliphatic heterocycles. The maximum absolute atomic E-state index is 12.3. The first kappa shape index (κ1) is 14.6. The zero-order valence-electron chi connectivity index (χ0n) is 9.90. The molecule has 0 aromatic carbocycles. The molecule has 2 N–H and O–H groups in total. The van der Waals surface area contributed by atoms with Gasteiger partial charge in [0.05, 0.1) is 19.7 Å². The Morgan fingerprint density at radius 1 is 1.56 bits per heavy atom.